The Balaban J connectivity index is 1.87. The molecule has 88 valence electrons. The van der Waals surface area contributed by atoms with Gasteiger partial charge < -0.3 is 14.8 Å². The Bertz CT molecular complexity index is 382. The minimum Gasteiger partial charge on any atom is -0.336 e. The van der Waals surface area contributed by atoms with E-state index in [1.807, 2.05) is 0 Å². The van der Waals surface area contributed by atoms with Gasteiger partial charge in [-0.1, -0.05) is 0 Å². The van der Waals surface area contributed by atoms with Gasteiger partial charge in [-0.3, -0.25) is 0 Å². The summed E-state index contributed by atoms with van der Waals surface area (Å²) in [6.07, 6.45) is 2.56. The average Bonchev–Trinajstić information content (AvgIpc) is 3.05. The normalized spacial score (nSPS) is 26.1. The molecule has 2 aliphatic rings. The van der Waals surface area contributed by atoms with Crippen LogP contribution in [0.5, 0.6) is 0 Å². The zero-order chi connectivity index (χ0) is 11.1. The molecule has 1 aliphatic heterocycles. The van der Waals surface area contributed by atoms with Gasteiger partial charge in [0.1, 0.15) is 5.82 Å². The topological polar surface area (TPSA) is 46.0 Å². The fourth-order valence-corrected chi connectivity index (χ4v) is 2.42. The van der Waals surface area contributed by atoms with Crippen LogP contribution in [0.1, 0.15) is 31.5 Å². The molecule has 1 aromatic heterocycles. The van der Waals surface area contributed by atoms with Crippen LogP contribution < -0.4 is 10.2 Å². The summed E-state index contributed by atoms with van der Waals surface area (Å²) in [5.41, 5.74) is 0. The Morgan fingerprint density at radius 1 is 1.31 bits per heavy atom. The van der Waals surface area contributed by atoms with Crippen LogP contribution in [0.3, 0.4) is 0 Å². The summed E-state index contributed by atoms with van der Waals surface area (Å²) in [7, 11) is 2.09. The molecule has 1 atom stereocenters. The van der Waals surface area contributed by atoms with Crippen molar-refractivity contribution in [3.8, 4) is 0 Å². The van der Waals surface area contributed by atoms with E-state index >= 15 is 0 Å². The fraction of sp³-hybridized carbons (Fsp3) is 0.818. The van der Waals surface area contributed by atoms with E-state index in [0.29, 0.717) is 12.0 Å². The molecule has 0 amide bonds. The summed E-state index contributed by atoms with van der Waals surface area (Å²) in [6, 6.07) is 0.503. The quantitative estimate of drug-likeness (QED) is 0.789. The van der Waals surface area contributed by atoms with Crippen molar-refractivity contribution in [2.24, 2.45) is 7.05 Å². The van der Waals surface area contributed by atoms with Gasteiger partial charge in [-0.25, -0.2) is 0 Å². The maximum absolute atomic E-state index is 4.36. The maximum atomic E-state index is 4.36. The second-order valence-corrected chi connectivity index (χ2v) is 4.94. The van der Waals surface area contributed by atoms with Crippen LogP contribution in [0, 0.1) is 0 Å². The summed E-state index contributed by atoms with van der Waals surface area (Å²) in [4.78, 5) is 2.36. The largest absolute Gasteiger partial charge is 0.336 e. The van der Waals surface area contributed by atoms with E-state index in [-0.39, 0.29) is 0 Å². The van der Waals surface area contributed by atoms with Gasteiger partial charge in [0, 0.05) is 38.6 Å². The molecular weight excluding hydrogens is 202 g/mol. The zero-order valence-electron chi connectivity index (χ0n) is 9.98. The summed E-state index contributed by atoms with van der Waals surface area (Å²) in [5, 5.41) is 12.1. The molecule has 2 fully saturated rings. The van der Waals surface area contributed by atoms with Crippen molar-refractivity contribution >= 4 is 5.95 Å². The zero-order valence-corrected chi connectivity index (χ0v) is 9.98. The molecule has 1 saturated carbocycles. The van der Waals surface area contributed by atoms with Crippen LogP contribution in [-0.4, -0.2) is 40.4 Å². The van der Waals surface area contributed by atoms with Crippen LogP contribution >= 0.6 is 0 Å². The van der Waals surface area contributed by atoms with Gasteiger partial charge in [0.05, 0.1) is 0 Å². The second-order valence-electron chi connectivity index (χ2n) is 4.94. The third kappa shape index (κ3) is 1.59. The van der Waals surface area contributed by atoms with E-state index in [1.165, 1.54) is 18.7 Å². The number of piperazine rings is 1. The minimum absolute atomic E-state index is 0.503. The molecule has 1 unspecified atom stereocenters. The monoisotopic (exact) mass is 221 g/mol. The van der Waals surface area contributed by atoms with E-state index in [9.17, 15) is 0 Å². The third-order valence-electron chi connectivity index (χ3n) is 3.59. The van der Waals surface area contributed by atoms with Gasteiger partial charge >= 0.3 is 0 Å². The van der Waals surface area contributed by atoms with Gasteiger partial charge in [-0.2, -0.15) is 0 Å². The molecule has 2 heterocycles. The SMILES string of the molecule is CC1CNCCN1c1nnc(C2CC2)n1C. The Morgan fingerprint density at radius 3 is 2.81 bits per heavy atom. The Morgan fingerprint density at radius 2 is 2.12 bits per heavy atom. The first-order valence-corrected chi connectivity index (χ1v) is 6.14. The number of aromatic nitrogens is 3. The first kappa shape index (κ1) is 10.1. The Kier molecular flexibility index (Phi) is 2.35. The number of hydrogen-bond acceptors (Lipinski definition) is 4. The van der Waals surface area contributed by atoms with E-state index < -0.39 is 0 Å². The molecule has 1 aromatic rings. The van der Waals surface area contributed by atoms with Gasteiger partial charge in [0.15, 0.2) is 0 Å². The highest BCUT2D eigenvalue weighted by atomic mass is 15.4. The van der Waals surface area contributed by atoms with Crippen LogP contribution in [-0.2, 0) is 7.05 Å². The smallest absolute Gasteiger partial charge is 0.227 e. The molecule has 1 aliphatic carbocycles. The van der Waals surface area contributed by atoms with Crippen LogP contribution in [0.25, 0.3) is 0 Å². The van der Waals surface area contributed by atoms with Gasteiger partial charge in [0.25, 0.3) is 0 Å². The van der Waals surface area contributed by atoms with E-state index in [4.69, 9.17) is 0 Å². The number of hydrogen-bond donors (Lipinski definition) is 1. The molecule has 1 N–H and O–H groups in total. The minimum atomic E-state index is 0.503. The van der Waals surface area contributed by atoms with Gasteiger partial charge in [-0.05, 0) is 19.8 Å². The van der Waals surface area contributed by atoms with Crippen molar-refractivity contribution in [3.05, 3.63) is 5.82 Å². The molecule has 1 saturated heterocycles. The number of rotatable bonds is 2. The van der Waals surface area contributed by atoms with Crippen molar-refractivity contribution in [2.45, 2.75) is 31.7 Å². The first-order valence-electron chi connectivity index (χ1n) is 6.14. The molecule has 0 aromatic carbocycles. The summed E-state index contributed by atoms with van der Waals surface area (Å²) in [6.45, 7) is 5.33. The molecule has 0 radical (unpaired) electrons. The highest BCUT2D eigenvalue weighted by Crippen LogP contribution is 2.39. The van der Waals surface area contributed by atoms with E-state index in [2.05, 4.69) is 39.0 Å². The molecule has 3 rings (SSSR count). The van der Waals surface area contributed by atoms with Gasteiger partial charge in [-0.15, -0.1) is 10.2 Å². The third-order valence-corrected chi connectivity index (χ3v) is 3.59. The number of nitrogens with one attached hydrogen (secondary N) is 1. The lowest BCUT2D eigenvalue weighted by molar-refractivity contribution is 0.487. The Hall–Kier alpha value is -1.10. The van der Waals surface area contributed by atoms with Crippen molar-refractivity contribution in [1.82, 2.24) is 20.1 Å². The number of nitrogens with zero attached hydrogens (tertiary/aromatic N) is 4. The second kappa shape index (κ2) is 3.73. The number of anilines is 1. The lowest BCUT2D eigenvalue weighted by Gasteiger charge is -2.34. The molecule has 0 bridgehead atoms. The van der Waals surface area contributed by atoms with E-state index in [0.717, 1.165) is 25.6 Å². The standard InChI is InChI=1S/C11H19N5/c1-8-7-12-5-6-16(8)11-14-13-10(15(11)2)9-3-4-9/h8-9,12H,3-7H2,1-2H3. The highest BCUT2D eigenvalue weighted by Gasteiger charge is 2.31. The maximum Gasteiger partial charge on any atom is 0.227 e. The summed E-state index contributed by atoms with van der Waals surface area (Å²) >= 11 is 0. The lowest BCUT2D eigenvalue weighted by Crippen LogP contribution is -2.50. The lowest BCUT2D eigenvalue weighted by atomic mass is 10.2. The first-order chi connectivity index (χ1) is 7.77. The van der Waals surface area contributed by atoms with E-state index in [1.54, 1.807) is 0 Å². The molecule has 5 nitrogen and oxygen atoms in total. The molecule has 5 heteroatoms. The van der Waals surface area contributed by atoms with Crippen LogP contribution in [0.2, 0.25) is 0 Å². The predicted molar refractivity (Wildman–Crippen MR) is 62.7 cm³/mol. The fourth-order valence-electron chi connectivity index (χ4n) is 2.42. The van der Waals surface area contributed by atoms with Gasteiger partial charge in [0.2, 0.25) is 5.95 Å². The average molecular weight is 221 g/mol. The van der Waals surface area contributed by atoms with Crippen LogP contribution in [0.15, 0.2) is 0 Å². The molecule has 16 heavy (non-hydrogen) atoms. The van der Waals surface area contributed by atoms with Crippen molar-refractivity contribution in [1.29, 1.82) is 0 Å². The van der Waals surface area contributed by atoms with Crippen molar-refractivity contribution in [3.63, 3.8) is 0 Å². The summed E-state index contributed by atoms with van der Waals surface area (Å²) < 4.78 is 2.18. The Labute approximate surface area is 95.8 Å². The van der Waals surface area contributed by atoms with Crippen molar-refractivity contribution in [2.75, 3.05) is 24.5 Å². The highest BCUT2D eigenvalue weighted by molar-refractivity contribution is 5.34. The predicted octanol–water partition coefficient (Wildman–Crippen LogP) is 0.491. The van der Waals surface area contributed by atoms with Crippen molar-refractivity contribution < 1.29 is 0 Å². The summed E-state index contributed by atoms with van der Waals surface area (Å²) in [5.74, 6) is 2.88. The molecular formula is C11H19N5. The van der Waals surface area contributed by atoms with Crippen LogP contribution in [0.4, 0.5) is 5.95 Å². The molecule has 0 spiro atoms.